The molecule has 0 saturated carbocycles. The first-order valence-corrected chi connectivity index (χ1v) is 9.47. The van der Waals surface area contributed by atoms with E-state index in [2.05, 4.69) is 41.7 Å². The summed E-state index contributed by atoms with van der Waals surface area (Å²) >= 11 is 5.88. The first kappa shape index (κ1) is 18.2. The maximum atomic E-state index is 12.2. The molecule has 0 aliphatic heterocycles. The van der Waals surface area contributed by atoms with Crippen molar-refractivity contribution in [3.63, 3.8) is 0 Å². The van der Waals surface area contributed by atoms with Crippen molar-refractivity contribution in [1.29, 1.82) is 0 Å². The molecule has 0 aromatic heterocycles. The smallest absolute Gasteiger partial charge is 0.244 e. The van der Waals surface area contributed by atoms with E-state index < -0.39 is 0 Å². The van der Waals surface area contributed by atoms with Gasteiger partial charge in [-0.1, -0.05) is 72.3 Å². The summed E-state index contributed by atoms with van der Waals surface area (Å²) < 4.78 is 0. The minimum absolute atomic E-state index is 0.167. The number of carbonyl (C=O) groups excluding carboxylic acids is 1. The predicted molar refractivity (Wildman–Crippen MR) is 117 cm³/mol. The molecule has 0 heterocycles. The molecule has 4 rings (SSSR count). The monoisotopic (exact) mass is 386 g/mol. The number of carbonyl (C=O) groups is 1. The number of nitrogens with zero attached hydrogens (tertiary/aromatic N) is 1. The predicted octanol–water partition coefficient (Wildman–Crippen LogP) is 5.65. The molecule has 0 radical (unpaired) electrons. The summed E-state index contributed by atoms with van der Waals surface area (Å²) in [5, 5.41) is 9.51. The van der Waals surface area contributed by atoms with Crippen LogP contribution in [0.5, 0.6) is 0 Å². The van der Waals surface area contributed by atoms with Gasteiger partial charge in [0.05, 0.1) is 12.6 Å². The number of amides is 1. The Morgan fingerprint density at radius 1 is 0.893 bits per heavy atom. The van der Waals surface area contributed by atoms with Gasteiger partial charge in [-0.2, -0.15) is 5.10 Å². The third kappa shape index (κ3) is 3.62. The van der Waals surface area contributed by atoms with E-state index in [1.165, 1.54) is 16.3 Å². The highest BCUT2D eigenvalue weighted by atomic mass is 35.5. The SMILES string of the molecule is Cc1c2ccccc2c(/C=N\NC(=O)Cc2ccc(Cl)cc2)c2ccccc12. The van der Waals surface area contributed by atoms with Crippen LogP contribution in [0.25, 0.3) is 21.5 Å². The minimum Gasteiger partial charge on any atom is -0.273 e. The highest BCUT2D eigenvalue weighted by Gasteiger charge is 2.09. The van der Waals surface area contributed by atoms with Gasteiger partial charge >= 0.3 is 0 Å². The maximum Gasteiger partial charge on any atom is 0.244 e. The first-order valence-electron chi connectivity index (χ1n) is 9.10. The van der Waals surface area contributed by atoms with E-state index in [1.54, 1.807) is 18.3 Å². The molecular weight excluding hydrogens is 368 g/mol. The Morgan fingerprint density at radius 2 is 1.43 bits per heavy atom. The number of aryl methyl sites for hydroxylation is 1. The highest BCUT2D eigenvalue weighted by molar-refractivity contribution is 6.30. The Hall–Kier alpha value is -3.17. The largest absolute Gasteiger partial charge is 0.273 e. The zero-order valence-corrected chi connectivity index (χ0v) is 16.2. The molecule has 0 atom stereocenters. The fraction of sp³-hybridized carbons (Fsp3) is 0.0833. The number of fused-ring (bicyclic) bond motifs is 2. The van der Waals surface area contributed by atoms with Gasteiger partial charge < -0.3 is 0 Å². The van der Waals surface area contributed by atoms with Crippen LogP contribution in [0.3, 0.4) is 0 Å². The lowest BCUT2D eigenvalue weighted by molar-refractivity contribution is -0.120. The number of rotatable bonds is 4. The molecule has 1 amide bonds. The summed E-state index contributed by atoms with van der Waals surface area (Å²) in [5.74, 6) is -0.167. The van der Waals surface area contributed by atoms with Gasteiger partial charge in [0.15, 0.2) is 0 Å². The second kappa shape index (κ2) is 7.83. The highest BCUT2D eigenvalue weighted by Crippen LogP contribution is 2.31. The van der Waals surface area contributed by atoms with E-state index >= 15 is 0 Å². The van der Waals surface area contributed by atoms with Crippen molar-refractivity contribution in [2.45, 2.75) is 13.3 Å². The quantitative estimate of drug-likeness (QED) is 0.275. The van der Waals surface area contributed by atoms with Crippen molar-refractivity contribution in [3.05, 3.63) is 94.5 Å². The van der Waals surface area contributed by atoms with Gasteiger partial charge in [-0.05, 0) is 51.7 Å². The Labute approximate surface area is 168 Å². The topological polar surface area (TPSA) is 41.5 Å². The van der Waals surface area contributed by atoms with Crippen LogP contribution in [0.2, 0.25) is 5.02 Å². The lowest BCUT2D eigenvalue weighted by Gasteiger charge is -2.11. The zero-order valence-electron chi connectivity index (χ0n) is 15.4. The van der Waals surface area contributed by atoms with E-state index in [-0.39, 0.29) is 12.3 Å². The van der Waals surface area contributed by atoms with E-state index in [4.69, 9.17) is 11.6 Å². The van der Waals surface area contributed by atoms with E-state index in [9.17, 15) is 4.79 Å². The van der Waals surface area contributed by atoms with Crippen LogP contribution in [-0.4, -0.2) is 12.1 Å². The Balaban J connectivity index is 1.64. The standard InChI is InChI=1S/C24H19ClN2O/c1-16-19-6-2-4-8-21(19)23(22-9-5-3-7-20(16)22)15-26-27-24(28)14-17-10-12-18(25)13-11-17/h2-13,15H,14H2,1H3,(H,27,28)/b26-15-. The van der Waals surface area contributed by atoms with Crippen LogP contribution in [0, 0.1) is 6.92 Å². The van der Waals surface area contributed by atoms with Gasteiger partial charge in [0, 0.05) is 10.6 Å². The molecule has 1 N–H and O–H groups in total. The number of nitrogens with one attached hydrogen (secondary N) is 1. The van der Waals surface area contributed by atoms with Crippen molar-refractivity contribution in [2.75, 3.05) is 0 Å². The molecule has 0 aliphatic carbocycles. The molecule has 0 spiro atoms. The van der Waals surface area contributed by atoms with Crippen LogP contribution < -0.4 is 5.43 Å². The van der Waals surface area contributed by atoms with Crippen molar-refractivity contribution in [2.24, 2.45) is 5.10 Å². The average molecular weight is 387 g/mol. The van der Waals surface area contributed by atoms with Crippen molar-refractivity contribution >= 4 is 45.3 Å². The average Bonchev–Trinajstić information content (AvgIpc) is 2.72. The zero-order chi connectivity index (χ0) is 19.5. The number of halogens is 1. The fourth-order valence-corrected chi connectivity index (χ4v) is 3.64. The number of hydrogen-bond donors (Lipinski definition) is 1. The van der Waals surface area contributed by atoms with E-state index in [0.29, 0.717) is 5.02 Å². The van der Waals surface area contributed by atoms with Crippen LogP contribution in [0.1, 0.15) is 16.7 Å². The Kier molecular flexibility index (Phi) is 5.09. The third-order valence-corrected chi connectivity index (χ3v) is 5.16. The summed E-state index contributed by atoms with van der Waals surface area (Å²) in [5.41, 5.74) is 5.78. The van der Waals surface area contributed by atoms with Crippen molar-refractivity contribution in [1.82, 2.24) is 5.43 Å². The van der Waals surface area contributed by atoms with Gasteiger partial charge in [-0.25, -0.2) is 5.43 Å². The maximum absolute atomic E-state index is 12.2. The van der Waals surface area contributed by atoms with E-state index in [0.717, 1.165) is 21.9 Å². The normalized spacial score (nSPS) is 11.4. The minimum atomic E-state index is -0.167. The summed E-state index contributed by atoms with van der Waals surface area (Å²) in [6, 6.07) is 23.8. The lowest BCUT2D eigenvalue weighted by atomic mass is 9.93. The molecule has 4 aromatic carbocycles. The van der Waals surface area contributed by atoms with Crippen molar-refractivity contribution in [3.8, 4) is 0 Å². The number of benzene rings is 4. The molecular formula is C24H19ClN2O. The van der Waals surface area contributed by atoms with Crippen LogP contribution >= 0.6 is 11.6 Å². The van der Waals surface area contributed by atoms with Gasteiger partial charge in [-0.3, -0.25) is 4.79 Å². The first-order chi connectivity index (χ1) is 13.6. The summed E-state index contributed by atoms with van der Waals surface area (Å²) in [6.45, 7) is 2.14. The van der Waals surface area contributed by atoms with Crippen LogP contribution in [0.15, 0.2) is 77.9 Å². The molecule has 0 bridgehead atoms. The van der Waals surface area contributed by atoms with Gasteiger partial charge in [0.1, 0.15) is 0 Å². The van der Waals surface area contributed by atoms with Gasteiger partial charge in [0.25, 0.3) is 0 Å². The Bertz CT molecular complexity index is 1140. The molecule has 0 unspecified atom stereocenters. The molecule has 4 heteroatoms. The third-order valence-electron chi connectivity index (χ3n) is 4.90. The molecule has 4 aromatic rings. The molecule has 3 nitrogen and oxygen atoms in total. The second-order valence-electron chi connectivity index (χ2n) is 6.73. The summed E-state index contributed by atoms with van der Waals surface area (Å²) in [4.78, 5) is 12.2. The van der Waals surface area contributed by atoms with Gasteiger partial charge in [0.2, 0.25) is 5.91 Å². The molecule has 138 valence electrons. The van der Waals surface area contributed by atoms with Crippen LogP contribution in [-0.2, 0) is 11.2 Å². The summed E-state index contributed by atoms with van der Waals surface area (Å²) in [6.07, 6.45) is 1.99. The number of hydrogen-bond acceptors (Lipinski definition) is 2. The molecule has 0 fully saturated rings. The second-order valence-corrected chi connectivity index (χ2v) is 7.16. The molecule has 28 heavy (non-hydrogen) atoms. The lowest BCUT2D eigenvalue weighted by Crippen LogP contribution is -2.19. The fourth-order valence-electron chi connectivity index (χ4n) is 3.52. The van der Waals surface area contributed by atoms with Crippen molar-refractivity contribution < 1.29 is 4.79 Å². The van der Waals surface area contributed by atoms with Crippen LogP contribution in [0.4, 0.5) is 0 Å². The van der Waals surface area contributed by atoms with Gasteiger partial charge in [-0.15, -0.1) is 0 Å². The van der Waals surface area contributed by atoms with E-state index in [1.807, 2.05) is 36.4 Å². The summed E-state index contributed by atoms with van der Waals surface area (Å²) in [7, 11) is 0. The Morgan fingerprint density at radius 3 is 2.00 bits per heavy atom. The molecule has 0 saturated heterocycles. The number of hydrazone groups is 1. The molecule has 0 aliphatic rings.